The highest BCUT2D eigenvalue weighted by molar-refractivity contribution is 5.99. The van der Waals surface area contributed by atoms with Crippen LogP contribution in [-0.4, -0.2) is 21.8 Å². The quantitative estimate of drug-likeness (QED) is 0.510. The summed E-state index contributed by atoms with van der Waals surface area (Å²) in [7, 11) is 0. The van der Waals surface area contributed by atoms with Crippen molar-refractivity contribution in [2.24, 2.45) is 11.8 Å². The molecule has 0 saturated heterocycles. The Bertz CT molecular complexity index is 569. The number of para-hydroxylation sites is 1. The molecule has 0 aliphatic heterocycles. The predicted octanol–water partition coefficient (Wildman–Crippen LogP) is 3.06. The van der Waals surface area contributed by atoms with Crippen LogP contribution in [0.25, 0.3) is 0 Å². The molecule has 6 heteroatoms. The Kier molecular flexibility index (Phi) is 4.67. The molecule has 2 atom stereocenters. The van der Waals surface area contributed by atoms with Crippen molar-refractivity contribution in [1.29, 1.82) is 0 Å². The topological polar surface area (TPSA) is 97.5 Å². The van der Waals surface area contributed by atoms with Crippen LogP contribution in [0.5, 0.6) is 0 Å². The summed E-state index contributed by atoms with van der Waals surface area (Å²) in [6.07, 6.45) is 2.88. The lowest BCUT2D eigenvalue weighted by Crippen LogP contribution is -2.24. The first-order valence-electron chi connectivity index (χ1n) is 6.98. The number of nitro groups is 1. The van der Waals surface area contributed by atoms with Gasteiger partial charge in [0.15, 0.2) is 5.78 Å². The largest absolute Gasteiger partial charge is 0.481 e. The van der Waals surface area contributed by atoms with E-state index in [4.69, 9.17) is 5.11 Å². The van der Waals surface area contributed by atoms with E-state index in [0.29, 0.717) is 12.8 Å². The van der Waals surface area contributed by atoms with Gasteiger partial charge in [-0.2, -0.15) is 0 Å². The third-order valence-electron chi connectivity index (χ3n) is 4.01. The molecule has 0 spiro atoms. The first-order valence-corrected chi connectivity index (χ1v) is 6.98. The zero-order valence-corrected chi connectivity index (χ0v) is 11.5. The number of nitrogens with zero attached hydrogens (tertiary/aromatic N) is 1. The van der Waals surface area contributed by atoms with Crippen LogP contribution >= 0.6 is 0 Å². The maximum Gasteiger partial charge on any atom is 0.306 e. The Balaban J connectivity index is 2.08. The number of aliphatic carboxylic acids is 1. The van der Waals surface area contributed by atoms with Crippen LogP contribution in [0, 0.1) is 22.0 Å². The van der Waals surface area contributed by atoms with Gasteiger partial charge in [0.05, 0.1) is 16.4 Å². The maximum absolute atomic E-state index is 12.3. The summed E-state index contributed by atoms with van der Waals surface area (Å²) in [6, 6.07) is 5.89. The number of carbonyl (C=O) groups is 2. The van der Waals surface area contributed by atoms with E-state index < -0.39 is 16.8 Å². The molecule has 1 aromatic rings. The minimum atomic E-state index is -0.821. The molecular weight excluding hydrogens is 274 g/mol. The Labute approximate surface area is 121 Å². The molecule has 112 valence electrons. The lowest BCUT2D eigenvalue weighted by Gasteiger charge is -2.25. The van der Waals surface area contributed by atoms with Crippen molar-refractivity contribution >= 4 is 17.4 Å². The molecule has 1 aromatic carbocycles. The summed E-state index contributed by atoms with van der Waals surface area (Å²) in [5.41, 5.74) is -0.0759. The molecule has 0 unspecified atom stereocenters. The fourth-order valence-corrected chi connectivity index (χ4v) is 2.94. The van der Waals surface area contributed by atoms with Crippen molar-refractivity contribution in [3.63, 3.8) is 0 Å². The Morgan fingerprint density at radius 3 is 2.67 bits per heavy atom. The van der Waals surface area contributed by atoms with E-state index in [-0.39, 0.29) is 29.4 Å². The first kappa shape index (κ1) is 15.2. The Morgan fingerprint density at radius 2 is 2.00 bits per heavy atom. The number of ketones is 1. The molecule has 0 heterocycles. The van der Waals surface area contributed by atoms with Gasteiger partial charge in [-0.15, -0.1) is 0 Å². The summed E-state index contributed by atoms with van der Waals surface area (Å²) in [6.45, 7) is 0. The molecule has 0 radical (unpaired) electrons. The van der Waals surface area contributed by atoms with Crippen LogP contribution in [0.2, 0.25) is 0 Å². The van der Waals surface area contributed by atoms with Gasteiger partial charge in [0.1, 0.15) is 0 Å². The molecule has 0 amide bonds. The van der Waals surface area contributed by atoms with Crippen LogP contribution in [0.4, 0.5) is 5.69 Å². The Morgan fingerprint density at radius 1 is 1.29 bits per heavy atom. The third kappa shape index (κ3) is 3.65. The smallest absolute Gasteiger partial charge is 0.306 e. The number of carbonyl (C=O) groups excluding carboxylic acids is 1. The molecule has 0 bridgehead atoms. The van der Waals surface area contributed by atoms with E-state index in [2.05, 4.69) is 0 Å². The summed E-state index contributed by atoms with van der Waals surface area (Å²) >= 11 is 0. The number of carboxylic acids is 1. The Hall–Kier alpha value is -2.24. The van der Waals surface area contributed by atoms with Crippen LogP contribution < -0.4 is 0 Å². The van der Waals surface area contributed by atoms with Crippen LogP contribution in [0.3, 0.4) is 0 Å². The summed E-state index contributed by atoms with van der Waals surface area (Å²) in [5.74, 6) is -1.51. The molecule has 1 aliphatic carbocycles. The van der Waals surface area contributed by atoms with Crippen molar-refractivity contribution in [2.45, 2.75) is 32.1 Å². The van der Waals surface area contributed by atoms with Gasteiger partial charge in [-0.1, -0.05) is 18.6 Å². The molecule has 1 fully saturated rings. The molecule has 1 N–H and O–H groups in total. The van der Waals surface area contributed by atoms with Crippen molar-refractivity contribution in [3.8, 4) is 0 Å². The number of benzene rings is 1. The predicted molar refractivity (Wildman–Crippen MR) is 75.1 cm³/mol. The van der Waals surface area contributed by atoms with E-state index >= 15 is 0 Å². The minimum absolute atomic E-state index is 0.00726. The van der Waals surface area contributed by atoms with Crippen molar-refractivity contribution < 1.29 is 19.6 Å². The van der Waals surface area contributed by atoms with Gasteiger partial charge in [-0.25, -0.2) is 0 Å². The highest BCUT2D eigenvalue weighted by Gasteiger charge is 2.29. The van der Waals surface area contributed by atoms with E-state index in [0.717, 1.165) is 12.8 Å². The lowest BCUT2D eigenvalue weighted by atomic mass is 9.78. The molecule has 21 heavy (non-hydrogen) atoms. The zero-order valence-electron chi connectivity index (χ0n) is 11.5. The fraction of sp³-hybridized carbons (Fsp3) is 0.467. The van der Waals surface area contributed by atoms with Gasteiger partial charge in [-0.05, 0) is 31.2 Å². The van der Waals surface area contributed by atoms with Crippen LogP contribution in [-0.2, 0) is 4.79 Å². The van der Waals surface area contributed by atoms with Gasteiger partial charge < -0.3 is 5.11 Å². The van der Waals surface area contributed by atoms with E-state index in [9.17, 15) is 19.7 Å². The third-order valence-corrected chi connectivity index (χ3v) is 4.01. The van der Waals surface area contributed by atoms with E-state index in [1.165, 1.54) is 18.2 Å². The average Bonchev–Trinajstić information content (AvgIpc) is 2.47. The second-order valence-electron chi connectivity index (χ2n) is 5.47. The van der Waals surface area contributed by atoms with Gasteiger partial charge in [0.25, 0.3) is 5.69 Å². The first-order chi connectivity index (χ1) is 9.99. The van der Waals surface area contributed by atoms with Gasteiger partial charge in [0, 0.05) is 12.5 Å². The number of carboxylic acid groups (broad SMARTS) is 1. The van der Waals surface area contributed by atoms with Crippen LogP contribution in [0.1, 0.15) is 42.5 Å². The van der Waals surface area contributed by atoms with E-state index in [1.807, 2.05) is 0 Å². The van der Waals surface area contributed by atoms with Gasteiger partial charge in [-0.3, -0.25) is 19.7 Å². The monoisotopic (exact) mass is 291 g/mol. The average molecular weight is 291 g/mol. The molecule has 2 rings (SSSR count). The lowest BCUT2D eigenvalue weighted by molar-refractivity contribution is -0.385. The highest BCUT2D eigenvalue weighted by Crippen LogP contribution is 2.33. The summed E-state index contributed by atoms with van der Waals surface area (Å²) in [5, 5.41) is 20.0. The van der Waals surface area contributed by atoms with Gasteiger partial charge >= 0.3 is 5.97 Å². The molecule has 1 aliphatic rings. The number of hydrogen-bond donors (Lipinski definition) is 1. The van der Waals surface area contributed by atoms with Crippen molar-refractivity contribution in [1.82, 2.24) is 0 Å². The molecular formula is C15H17NO5. The number of hydrogen-bond acceptors (Lipinski definition) is 4. The standard InChI is InChI=1S/C15H17NO5/c17-14(12-6-1-2-7-13(12)16(20)21)9-10-4-3-5-11(8-10)15(18)19/h1-2,6-7,10-11H,3-5,8-9H2,(H,18,19)/t10-,11+/m0/s1. The number of Topliss-reactive ketones (excluding diaryl/α,β-unsaturated/α-hetero) is 1. The maximum atomic E-state index is 12.3. The summed E-state index contributed by atoms with van der Waals surface area (Å²) < 4.78 is 0. The van der Waals surface area contributed by atoms with Crippen LogP contribution in [0.15, 0.2) is 24.3 Å². The zero-order chi connectivity index (χ0) is 15.4. The molecule has 0 aromatic heterocycles. The highest BCUT2D eigenvalue weighted by atomic mass is 16.6. The second kappa shape index (κ2) is 6.47. The number of nitro benzene ring substituents is 1. The SMILES string of the molecule is O=C(C[C@H]1CCC[C@@H](C(=O)O)C1)c1ccccc1[N+](=O)[O-]. The summed E-state index contributed by atoms with van der Waals surface area (Å²) in [4.78, 5) is 33.7. The van der Waals surface area contributed by atoms with Crippen molar-refractivity contribution in [3.05, 3.63) is 39.9 Å². The second-order valence-corrected chi connectivity index (χ2v) is 5.47. The normalized spacial score (nSPS) is 21.7. The minimum Gasteiger partial charge on any atom is -0.481 e. The fourth-order valence-electron chi connectivity index (χ4n) is 2.94. The molecule has 1 saturated carbocycles. The van der Waals surface area contributed by atoms with Crippen molar-refractivity contribution in [2.75, 3.05) is 0 Å². The van der Waals surface area contributed by atoms with Gasteiger partial charge in [0.2, 0.25) is 0 Å². The molecule has 6 nitrogen and oxygen atoms in total. The van der Waals surface area contributed by atoms with E-state index in [1.54, 1.807) is 6.07 Å². The number of rotatable bonds is 5.